The molecular weight excluding hydrogens is 480 g/mol. The number of hydrogen-bond acceptors (Lipinski definition) is 7. The maximum absolute atomic E-state index is 13.0. The van der Waals surface area contributed by atoms with Crippen LogP contribution >= 0.6 is 0 Å². The van der Waals surface area contributed by atoms with Gasteiger partial charge in [-0.05, 0) is 55.4 Å². The second kappa shape index (κ2) is 12.6. The third-order valence-electron chi connectivity index (χ3n) is 5.05. The number of ether oxygens (including phenoxy) is 1. The van der Waals surface area contributed by atoms with Crippen molar-refractivity contribution in [1.29, 1.82) is 0 Å². The molecule has 0 aliphatic heterocycles. The van der Waals surface area contributed by atoms with Crippen LogP contribution in [0.2, 0.25) is 0 Å². The summed E-state index contributed by atoms with van der Waals surface area (Å²) in [6.45, 7) is 2.58. The summed E-state index contributed by atoms with van der Waals surface area (Å²) >= 11 is 0. The number of hydrogen-bond donors (Lipinski definition) is 2. The first-order chi connectivity index (χ1) is 17.4. The van der Waals surface area contributed by atoms with Crippen LogP contribution in [0.5, 0.6) is 11.5 Å². The van der Waals surface area contributed by atoms with Gasteiger partial charge in [-0.25, -0.2) is 17.9 Å². The number of nitrogens with zero attached hydrogens (tertiary/aromatic N) is 3. The molecule has 0 aliphatic carbocycles. The Kier molecular flexibility index (Phi) is 9.32. The molecule has 0 unspecified atom stereocenters. The van der Waals surface area contributed by atoms with E-state index in [0.717, 1.165) is 18.1 Å². The van der Waals surface area contributed by atoms with Crippen molar-refractivity contribution in [2.45, 2.75) is 24.8 Å². The Morgan fingerprint density at radius 1 is 1.19 bits per heavy atom. The minimum atomic E-state index is -4.09. The van der Waals surface area contributed by atoms with Crippen molar-refractivity contribution >= 4 is 27.9 Å². The quantitative estimate of drug-likeness (QED) is 0.346. The van der Waals surface area contributed by atoms with Gasteiger partial charge in [0.2, 0.25) is 10.0 Å². The number of carbonyl (C=O) groups is 1. The SMILES string of the molecule is CC/C=N\C=C\CN(Cc1cccnc1)c1cc(C(=O)O)cc(S(=O)(=O)NC)c1Oc1ccccc1. The third kappa shape index (κ3) is 7.00. The zero-order valence-electron chi connectivity index (χ0n) is 20.0. The van der Waals surface area contributed by atoms with E-state index >= 15 is 0 Å². The number of pyridine rings is 1. The maximum Gasteiger partial charge on any atom is 0.335 e. The van der Waals surface area contributed by atoms with Crippen LogP contribution in [0.25, 0.3) is 0 Å². The molecule has 0 saturated carbocycles. The summed E-state index contributed by atoms with van der Waals surface area (Å²) in [6.07, 6.45) is 9.33. The van der Waals surface area contributed by atoms with Crippen LogP contribution in [-0.4, -0.2) is 44.3 Å². The number of sulfonamides is 1. The average Bonchev–Trinajstić information content (AvgIpc) is 2.89. The number of para-hydroxylation sites is 1. The van der Waals surface area contributed by atoms with Crippen molar-refractivity contribution in [2.24, 2.45) is 4.99 Å². The molecule has 0 fully saturated rings. The van der Waals surface area contributed by atoms with Crippen molar-refractivity contribution in [1.82, 2.24) is 9.71 Å². The number of carboxylic acid groups (broad SMARTS) is 1. The monoisotopic (exact) mass is 508 g/mol. The molecule has 2 N–H and O–H groups in total. The molecular formula is C26H28N4O5S. The van der Waals surface area contributed by atoms with Gasteiger partial charge in [-0.2, -0.15) is 0 Å². The molecule has 0 saturated heterocycles. The van der Waals surface area contributed by atoms with E-state index in [2.05, 4.69) is 14.7 Å². The predicted octanol–water partition coefficient (Wildman–Crippen LogP) is 4.48. The summed E-state index contributed by atoms with van der Waals surface area (Å²) in [6, 6.07) is 14.9. The van der Waals surface area contributed by atoms with Crippen LogP contribution in [0, 0.1) is 0 Å². The Labute approximate surface area is 210 Å². The molecule has 0 amide bonds. The van der Waals surface area contributed by atoms with E-state index in [0.29, 0.717) is 24.5 Å². The van der Waals surface area contributed by atoms with Crippen LogP contribution in [0.4, 0.5) is 5.69 Å². The summed E-state index contributed by atoms with van der Waals surface area (Å²) in [5, 5.41) is 9.78. The van der Waals surface area contributed by atoms with Crippen LogP contribution in [0.3, 0.4) is 0 Å². The normalized spacial score (nSPS) is 11.7. The maximum atomic E-state index is 13.0. The zero-order chi connectivity index (χ0) is 26.0. The van der Waals surface area contributed by atoms with Crippen molar-refractivity contribution in [3.63, 3.8) is 0 Å². The lowest BCUT2D eigenvalue weighted by atomic mass is 10.1. The number of aromatic carboxylic acids is 1. The lowest BCUT2D eigenvalue weighted by molar-refractivity contribution is 0.0696. The predicted molar refractivity (Wildman–Crippen MR) is 139 cm³/mol. The first kappa shape index (κ1) is 26.6. The summed E-state index contributed by atoms with van der Waals surface area (Å²) < 4.78 is 34.4. The second-order valence-electron chi connectivity index (χ2n) is 7.62. The van der Waals surface area contributed by atoms with Crippen LogP contribution in [-0.2, 0) is 16.6 Å². The molecule has 188 valence electrons. The molecule has 0 spiro atoms. The van der Waals surface area contributed by atoms with Gasteiger partial charge in [0, 0.05) is 37.9 Å². The summed E-state index contributed by atoms with van der Waals surface area (Å²) in [7, 11) is -2.82. The molecule has 0 radical (unpaired) electrons. The minimum absolute atomic E-state index is 0.00917. The number of benzene rings is 2. The van der Waals surface area contributed by atoms with Gasteiger partial charge >= 0.3 is 5.97 Å². The molecule has 1 heterocycles. The van der Waals surface area contributed by atoms with Crippen LogP contribution < -0.4 is 14.4 Å². The average molecular weight is 509 g/mol. The Balaban J connectivity index is 2.23. The highest BCUT2D eigenvalue weighted by molar-refractivity contribution is 7.89. The highest BCUT2D eigenvalue weighted by Gasteiger charge is 2.27. The highest BCUT2D eigenvalue weighted by Crippen LogP contribution is 2.40. The van der Waals surface area contributed by atoms with Gasteiger partial charge in [0.25, 0.3) is 0 Å². The molecule has 3 aromatic rings. The number of aromatic nitrogens is 1. The number of rotatable bonds is 12. The Morgan fingerprint density at radius 2 is 1.97 bits per heavy atom. The minimum Gasteiger partial charge on any atom is -0.478 e. The highest BCUT2D eigenvalue weighted by atomic mass is 32.2. The summed E-state index contributed by atoms with van der Waals surface area (Å²) in [5.41, 5.74) is 0.941. The van der Waals surface area contributed by atoms with E-state index in [1.807, 2.05) is 24.0 Å². The molecule has 2 aromatic carbocycles. The number of nitrogens with one attached hydrogen (secondary N) is 1. The van der Waals surface area contributed by atoms with Crippen molar-refractivity contribution < 1.29 is 23.1 Å². The third-order valence-corrected chi connectivity index (χ3v) is 6.47. The fourth-order valence-corrected chi connectivity index (χ4v) is 4.22. The molecule has 0 bridgehead atoms. The zero-order valence-corrected chi connectivity index (χ0v) is 20.9. The van der Waals surface area contributed by atoms with Crippen molar-refractivity contribution in [3.05, 3.63) is 90.4 Å². The largest absolute Gasteiger partial charge is 0.478 e. The van der Waals surface area contributed by atoms with Gasteiger partial charge in [0.05, 0.1) is 11.3 Å². The lowest BCUT2D eigenvalue weighted by Crippen LogP contribution is -2.26. The standard InChI is InChI=1S/C26H28N4O5S/c1-3-12-28-14-8-15-30(19-20-9-7-13-29-18-20)23-16-21(26(31)32)17-24(36(33,34)27-2)25(23)35-22-10-5-4-6-11-22/h4-14,16-18,27H,3,15,19H2,1-2H3,(H,31,32)/b14-8+,28-12-. The fraction of sp³-hybridized carbons (Fsp3) is 0.192. The first-order valence-electron chi connectivity index (χ1n) is 11.2. The molecule has 1 aromatic heterocycles. The van der Waals surface area contributed by atoms with Gasteiger partial charge in [-0.15, -0.1) is 0 Å². The van der Waals surface area contributed by atoms with Crippen LogP contribution in [0.15, 0.2) is 89.2 Å². The Morgan fingerprint density at radius 3 is 2.61 bits per heavy atom. The van der Waals surface area contributed by atoms with E-state index in [1.54, 1.807) is 61.2 Å². The number of aliphatic imine (C=N–C) groups is 1. The molecule has 3 rings (SSSR count). The Bertz CT molecular complexity index is 1330. The number of anilines is 1. The lowest BCUT2D eigenvalue weighted by Gasteiger charge is -2.27. The van der Waals surface area contributed by atoms with E-state index in [9.17, 15) is 18.3 Å². The van der Waals surface area contributed by atoms with Gasteiger partial charge in [0.15, 0.2) is 5.75 Å². The molecule has 10 heteroatoms. The molecule has 0 aliphatic rings. The van der Waals surface area contributed by atoms with Gasteiger partial charge < -0.3 is 14.7 Å². The molecule has 36 heavy (non-hydrogen) atoms. The van der Waals surface area contributed by atoms with E-state index < -0.39 is 16.0 Å². The van der Waals surface area contributed by atoms with Gasteiger partial charge in [-0.1, -0.05) is 31.2 Å². The van der Waals surface area contributed by atoms with E-state index in [-0.39, 0.29) is 16.2 Å². The van der Waals surface area contributed by atoms with E-state index in [4.69, 9.17) is 4.74 Å². The Hall–Kier alpha value is -4.02. The van der Waals surface area contributed by atoms with Crippen molar-refractivity contribution in [2.75, 3.05) is 18.5 Å². The summed E-state index contributed by atoms with van der Waals surface area (Å²) in [5.74, 6) is -0.854. The smallest absolute Gasteiger partial charge is 0.335 e. The molecule has 0 atom stereocenters. The number of carboxylic acids is 1. The van der Waals surface area contributed by atoms with Crippen molar-refractivity contribution in [3.8, 4) is 11.5 Å². The second-order valence-corrected chi connectivity index (χ2v) is 9.47. The van der Waals surface area contributed by atoms with Gasteiger partial charge in [-0.3, -0.25) is 9.98 Å². The topological polar surface area (TPSA) is 121 Å². The molecule has 9 nitrogen and oxygen atoms in total. The van der Waals surface area contributed by atoms with E-state index in [1.165, 1.54) is 13.1 Å². The summed E-state index contributed by atoms with van der Waals surface area (Å²) in [4.78, 5) is 21.9. The van der Waals surface area contributed by atoms with Crippen LogP contribution in [0.1, 0.15) is 29.3 Å². The van der Waals surface area contributed by atoms with Gasteiger partial charge in [0.1, 0.15) is 10.6 Å². The first-order valence-corrected chi connectivity index (χ1v) is 12.7. The fourth-order valence-electron chi connectivity index (χ4n) is 3.33.